The molecule has 3 amide bonds. The van der Waals surface area contributed by atoms with Crippen molar-refractivity contribution in [2.45, 2.75) is 6.04 Å². The van der Waals surface area contributed by atoms with E-state index in [1.807, 2.05) is 19.0 Å². The first-order valence-corrected chi connectivity index (χ1v) is 9.02. The standard InChI is InChI=1S/C21H25FN4O3/c1-25(2)18(14-8-10-16(22)11-9-14)13-23-19(27)20(28)24-17-7-5-6-15(12-17)21(29)26(3)4/h5-12,18H,13H2,1-4H3,(H,23,27)(H,24,28). The van der Waals surface area contributed by atoms with Crippen molar-refractivity contribution in [3.8, 4) is 0 Å². The number of halogens is 1. The Hall–Kier alpha value is -3.26. The quantitative estimate of drug-likeness (QED) is 0.726. The van der Waals surface area contributed by atoms with Crippen molar-refractivity contribution in [3.63, 3.8) is 0 Å². The Morgan fingerprint density at radius 1 is 0.966 bits per heavy atom. The Kier molecular flexibility index (Phi) is 7.44. The maximum absolute atomic E-state index is 13.1. The summed E-state index contributed by atoms with van der Waals surface area (Å²) in [4.78, 5) is 39.7. The van der Waals surface area contributed by atoms with E-state index in [0.717, 1.165) is 5.56 Å². The summed E-state index contributed by atoms with van der Waals surface area (Å²) >= 11 is 0. The lowest BCUT2D eigenvalue weighted by atomic mass is 10.1. The highest BCUT2D eigenvalue weighted by atomic mass is 19.1. The number of carbonyl (C=O) groups is 3. The van der Waals surface area contributed by atoms with Crippen LogP contribution in [0.5, 0.6) is 0 Å². The fourth-order valence-corrected chi connectivity index (χ4v) is 2.73. The lowest BCUT2D eigenvalue weighted by Gasteiger charge is -2.25. The van der Waals surface area contributed by atoms with Crippen molar-refractivity contribution in [1.29, 1.82) is 0 Å². The van der Waals surface area contributed by atoms with Gasteiger partial charge in [-0.3, -0.25) is 14.4 Å². The molecule has 1 atom stereocenters. The van der Waals surface area contributed by atoms with Crippen LogP contribution in [-0.4, -0.2) is 62.3 Å². The summed E-state index contributed by atoms with van der Waals surface area (Å²) < 4.78 is 13.1. The number of nitrogens with one attached hydrogen (secondary N) is 2. The van der Waals surface area contributed by atoms with E-state index in [2.05, 4.69) is 10.6 Å². The first-order valence-electron chi connectivity index (χ1n) is 9.02. The molecule has 1 unspecified atom stereocenters. The molecule has 8 heteroatoms. The molecule has 154 valence electrons. The number of hydrogen-bond donors (Lipinski definition) is 2. The minimum atomic E-state index is -0.837. The molecule has 0 aliphatic rings. The van der Waals surface area contributed by atoms with Gasteiger partial charge in [0, 0.05) is 31.9 Å². The molecule has 0 aliphatic heterocycles. The molecule has 0 spiro atoms. The minimum absolute atomic E-state index is 0.171. The topological polar surface area (TPSA) is 81.8 Å². The van der Waals surface area contributed by atoms with Gasteiger partial charge in [0.15, 0.2) is 0 Å². The third kappa shape index (κ3) is 6.11. The molecule has 0 aliphatic carbocycles. The minimum Gasteiger partial charge on any atom is -0.346 e. The zero-order valence-electron chi connectivity index (χ0n) is 16.9. The highest BCUT2D eigenvalue weighted by Crippen LogP contribution is 2.18. The van der Waals surface area contributed by atoms with Gasteiger partial charge in [-0.15, -0.1) is 0 Å². The largest absolute Gasteiger partial charge is 0.346 e. The summed E-state index contributed by atoms with van der Waals surface area (Å²) in [5, 5.41) is 5.08. The summed E-state index contributed by atoms with van der Waals surface area (Å²) in [6, 6.07) is 12.1. The molecule has 0 saturated heterocycles. The molecule has 0 saturated carbocycles. The monoisotopic (exact) mass is 400 g/mol. The van der Waals surface area contributed by atoms with E-state index in [0.29, 0.717) is 11.3 Å². The van der Waals surface area contributed by atoms with E-state index < -0.39 is 11.8 Å². The second-order valence-corrected chi connectivity index (χ2v) is 6.98. The van der Waals surface area contributed by atoms with E-state index in [1.54, 1.807) is 44.4 Å². The maximum Gasteiger partial charge on any atom is 0.313 e. The van der Waals surface area contributed by atoms with Gasteiger partial charge >= 0.3 is 11.8 Å². The van der Waals surface area contributed by atoms with Crippen molar-refractivity contribution in [1.82, 2.24) is 15.1 Å². The third-order valence-electron chi connectivity index (χ3n) is 4.31. The highest BCUT2D eigenvalue weighted by molar-refractivity contribution is 6.39. The number of rotatable bonds is 6. The Morgan fingerprint density at radius 3 is 2.21 bits per heavy atom. The molecule has 2 aromatic carbocycles. The molecule has 2 aromatic rings. The van der Waals surface area contributed by atoms with Gasteiger partial charge in [0.1, 0.15) is 5.82 Å². The Balaban J connectivity index is 1.99. The van der Waals surface area contributed by atoms with Gasteiger partial charge in [0.05, 0.1) is 6.04 Å². The zero-order chi connectivity index (χ0) is 21.6. The Labute approximate surface area is 169 Å². The molecule has 7 nitrogen and oxygen atoms in total. The molecule has 0 heterocycles. The van der Waals surface area contributed by atoms with Crippen LogP contribution in [0.1, 0.15) is 22.0 Å². The van der Waals surface area contributed by atoms with Crippen molar-refractivity contribution < 1.29 is 18.8 Å². The molecule has 2 rings (SSSR count). The lowest BCUT2D eigenvalue weighted by Crippen LogP contribution is -2.40. The summed E-state index contributed by atoms with van der Waals surface area (Å²) in [6.07, 6.45) is 0. The number of benzene rings is 2. The molecular formula is C21H25FN4O3. The smallest absolute Gasteiger partial charge is 0.313 e. The van der Waals surface area contributed by atoms with Crippen LogP contribution < -0.4 is 10.6 Å². The first kappa shape index (κ1) is 22.0. The van der Waals surface area contributed by atoms with Gasteiger partial charge in [-0.1, -0.05) is 18.2 Å². The fourth-order valence-electron chi connectivity index (χ4n) is 2.73. The summed E-state index contributed by atoms with van der Waals surface area (Å²) in [5.74, 6) is -2.19. The summed E-state index contributed by atoms with van der Waals surface area (Å²) in [7, 11) is 6.91. The number of amides is 3. The SMILES string of the molecule is CN(C)C(=O)c1cccc(NC(=O)C(=O)NCC(c2ccc(F)cc2)N(C)C)c1. The third-order valence-corrected chi connectivity index (χ3v) is 4.31. The molecule has 29 heavy (non-hydrogen) atoms. The second kappa shape index (κ2) is 9.79. The van der Waals surface area contributed by atoms with E-state index >= 15 is 0 Å². The van der Waals surface area contributed by atoms with Crippen LogP contribution in [0.15, 0.2) is 48.5 Å². The predicted molar refractivity (Wildman–Crippen MR) is 109 cm³/mol. The number of carbonyl (C=O) groups excluding carboxylic acids is 3. The lowest BCUT2D eigenvalue weighted by molar-refractivity contribution is -0.136. The first-order chi connectivity index (χ1) is 13.7. The molecule has 0 radical (unpaired) electrons. The van der Waals surface area contributed by atoms with Crippen LogP contribution in [-0.2, 0) is 9.59 Å². The average molecular weight is 400 g/mol. The molecule has 2 N–H and O–H groups in total. The van der Waals surface area contributed by atoms with Crippen molar-refractivity contribution in [2.24, 2.45) is 0 Å². The van der Waals surface area contributed by atoms with Crippen LogP contribution in [0.2, 0.25) is 0 Å². The highest BCUT2D eigenvalue weighted by Gasteiger charge is 2.19. The summed E-state index contributed by atoms with van der Waals surface area (Å²) in [5.41, 5.74) is 1.56. The van der Waals surface area contributed by atoms with Gasteiger partial charge in [0.2, 0.25) is 0 Å². The van der Waals surface area contributed by atoms with Crippen LogP contribution >= 0.6 is 0 Å². The van der Waals surface area contributed by atoms with Gasteiger partial charge in [-0.25, -0.2) is 4.39 Å². The van der Waals surface area contributed by atoms with Crippen LogP contribution in [0, 0.1) is 5.82 Å². The fraction of sp³-hybridized carbons (Fsp3) is 0.286. The molecule has 0 bridgehead atoms. The van der Waals surface area contributed by atoms with Crippen molar-refractivity contribution >= 4 is 23.4 Å². The van der Waals surface area contributed by atoms with Gasteiger partial charge in [-0.05, 0) is 50.0 Å². The van der Waals surface area contributed by atoms with E-state index in [-0.39, 0.29) is 24.3 Å². The Morgan fingerprint density at radius 2 is 1.62 bits per heavy atom. The van der Waals surface area contributed by atoms with Crippen molar-refractivity contribution in [2.75, 3.05) is 40.1 Å². The van der Waals surface area contributed by atoms with Crippen LogP contribution in [0.25, 0.3) is 0 Å². The molecule has 0 fully saturated rings. The van der Waals surface area contributed by atoms with Crippen molar-refractivity contribution in [3.05, 3.63) is 65.5 Å². The average Bonchev–Trinajstić information content (AvgIpc) is 2.68. The van der Waals surface area contributed by atoms with E-state index in [1.165, 1.54) is 23.1 Å². The normalized spacial score (nSPS) is 11.7. The van der Waals surface area contributed by atoms with Crippen LogP contribution in [0.4, 0.5) is 10.1 Å². The van der Waals surface area contributed by atoms with Crippen LogP contribution in [0.3, 0.4) is 0 Å². The predicted octanol–water partition coefficient (Wildman–Crippen LogP) is 1.89. The summed E-state index contributed by atoms with van der Waals surface area (Å²) in [6.45, 7) is 0.171. The van der Waals surface area contributed by atoms with Gasteiger partial charge in [0.25, 0.3) is 5.91 Å². The number of anilines is 1. The number of nitrogens with zero attached hydrogens (tertiary/aromatic N) is 2. The van der Waals surface area contributed by atoms with E-state index in [9.17, 15) is 18.8 Å². The second-order valence-electron chi connectivity index (χ2n) is 6.98. The maximum atomic E-state index is 13.1. The van der Waals surface area contributed by atoms with E-state index in [4.69, 9.17) is 0 Å². The molecular weight excluding hydrogens is 375 g/mol. The zero-order valence-corrected chi connectivity index (χ0v) is 16.9. The van der Waals surface area contributed by atoms with Gasteiger partial charge in [-0.2, -0.15) is 0 Å². The number of likely N-dealkylation sites (N-methyl/N-ethyl adjacent to an activating group) is 1. The number of hydrogen-bond acceptors (Lipinski definition) is 4. The molecule has 0 aromatic heterocycles. The Bertz CT molecular complexity index is 882. The van der Waals surface area contributed by atoms with Gasteiger partial charge < -0.3 is 20.4 Å².